The first-order valence-electron chi connectivity index (χ1n) is 9.52. The van der Waals surface area contributed by atoms with E-state index in [0.29, 0.717) is 25.0 Å². The molecule has 9 nitrogen and oxygen atoms in total. The quantitative estimate of drug-likeness (QED) is 0.593. The summed E-state index contributed by atoms with van der Waals surface area (Å²) in [5.74, 6) is -0.660. The van der Waals surface area contributed by atoms with Crippen LogP contribution < -0.4 is 5.32 Å². The van der Waals surface area contributed by atoms with Crippen LogP contribution in [0.4, 0.5) is 13.2 Å². The normalized spacial score (nSPS) is 15.4. The molecule has 32 heavy (non-hydrogen) atoms. The molecule has 0 bridgehead atoms. The topological polar surface area (TPSA) is 120 Å². The van der Waals surface area contributed by atoms with E-state index >= 15 is 0 Å². The minimum Gasteiger partial charge on any atom is -0.344 e. The maximum absolute atomic E-state index is 13.4. The Morgan fingerprint density at radius 2 is 1.75 bits per heavy atom. The molecule has 0 aliphatic heterocycles. The van der Waals surface area contributed by atoms with Gasteiger partial charge in [0.05, 0.1) is 34.1 Å². The third kappa shape index (κ3) is 4.33. The Bertz CT molecular complexity index is 1260. The van der Waals surface area contributed by atoms with Crippen LogP contribution in [0, 0.1) is 0 Å². The fraction of sp³-hybridized carbons (Fsp3) is 0.316. The van der Waals surface area contributed by atoms with E-state index in [2.05, 4.69) is 25.5 Å². The standard InChI is InChI=1S/C19H17F3N6O3S/c1-11(16-17(24-5-4-23-16)28-25-6-7-26-28)27-18(29)12-8-13(19(20,21)22)10-15(9-12)32(30,31)14-2-3-14/h4-11,14H,2-3H2,1H3,(H,27,29). The summed E-state index contributed by atoms with van der Waals surface area (Å²) in [5.41, 5.74) is -1.36. The lowest BCUT2D eigenvalue weighted by Gasteiger charge is -2.17. The number of aromatic nitrogens is 5. The van der Waals surface area contributed by atoms with Crippen molar-refractivity contribution in [3.05, 3.63) is 59.8 Å². The highest BCUT2D eigenvalue weighted by molar-refractivity contribution is 7.92. The van der Waals surface area contributed by atoms with Crippen LogP contribution in [-0.2, 0) is 16.0 Å². The molecule has 0 radical (unpaired) electrons. The lowest BCUT2D eigenvalue weighted by Crippen LogP contribution is -2.29. The second-order valence-electron chi connectivity index (χ2n) is 7.27. The summed E-state index contributed by atoms with van der Waals surface area (Å²) in [4.78, 5) is 21.8. The molecule has 0 saturated heterocycles. The van der Waals surface area contributed by atoms with Gasteiger partial charge in [0.1, 0.15) is 5.69 Å². The second kappa shape index (κ2) is 7.97. The summed E-state index contributed by atoms with van der Waals surface area (Å²) in [6.07, 6.45) is 1.58. The summed E-state index contributed by atoms with van der Waals surface area (Å²) in [6.45, 7) is 1.56. The van der Waals surface area contributed by atoms with Gasteiger partial charge >= 0.3 is 6.18 Å². The van der Waals surface area contributed by atoms with E-state index in [1.54, 1.807) is 6.92 Å². The van der Waals surface area contributed by atoms with Gasteiger partial charge in [-0.15, -0.1) is 4.80 Å². The molecule has 0 spiro atoms. The fourth-order valence-electron chi connectivity index (χ4n) is 3.10. The van der Waals surface area contributed by atoms with E-state index in [0.717, 1.165) is 6.07 Å². The molecule has 1 fully saturated rings. The predicted octanol–water partition coefficient (Wildman–Crippen LogP) is 2.50. The van der Waals surface area contributed by atoms with Gasteiger partial charge in [0.15, 0.2) is 15.7 Å². The van der Waals surface area contributed by atoms with E-state index in [4.69, 9.17) is 0 Å². The maximum atomic E-state index is 13.4. The molecule has 1 saturated carbocycles. The Labute approximate surface area is 180 Å². The molecule has 1 aliphatic rings. The summed E-state index contributed by atoms with van der Waals surface area (Å²) < 4.78 is 65.2. The molecule has 1 atom stereocenters. The molecule has 1 N–H and O–H groups in total. The van der Waals surface area contributed by atoms with Gasteiger partial charge in [0.2, 0.25) is 0 Å². The molecule has 3 aromatic rings. The number of nitrogens with one attached hydrogen (secondary N) is 1. The molecule has 2 heterocycles. The molecular weight excluding hydrogens is 449 g/mol. The molecule has 4 rings (SSSR count). The number of hydrogen-bond donors (Lipinski definition) is 1. The number of rotatable bonds is 6. The first-order chi connectivity index (χ1) is 15.1. The van der Waals surface area contributed by atoms with Crippen LogP contribution in [0.1, 0.15) is 47.4 Å². The van der Waals surface area contributed by atoms with Crippen molar-refractivity contribution in [3.8, 4) is 5.82 Å². The van der Waals surface area contributed by atoms with Crippen molar-refractivity contribution in [3.63, 3.8) is 0 Å². The third-order valence-corrected chi connectivity index (χ3v) is 7.10. The van der Waals surface area contributed by atoms with Crippen molar-refractivity contribution in [2.75, 3.05) is 0 Å². The van der Waals surface area contributed by atoms with Crippen molar-refractivity contribution in [2.45, 2.75) is 42.1 Å². The average molecular weight is 466 g/mol. The highest BCUT2D eigenvalue weighted by Crippen LogP contribution is 2.37. The Hall–Kier alpha value is -3.35. The molecular formula is C19H17F3N6O3S. The van der Waals surface area contributed by atoms with Crippen molar-refractivity contribution < 1.29 is 26.4 Å². The predicted molar refractivity (Wildman–Crippen MR) is 104 cm³/mol. The Morgan fingerprint density at radius 3 is 2.38 bits per heavy atom. The fourth-order valence-corrected chi connectivity index (χ4v) is 4.83. The average Bonchev–Trinajstić information content (AvgIpc) is 3.48. The second-order valence-corrected chi connectivity index (χ2v) is 9.50. The van der Waals surface area contributed by atoms with Crippen LogP contribution >= 0.6 is 0 Å². The number of halogens is 3. The van der Waals surface area contributed by atoms with E-state index in [9.17, 15) is 26.4 Å². The summed E-state index contributed by atoms with van der Waals surface area (Å²) in [5, 5.41) is 9.76. The zero-order valence-electron chi connectivity index (χ0n) is 16.6. The number of nitrogens with zero attached hydrogens (tertiary/aromatic N) is 5. The molecule has 1 aliphatic carbocycles. The highest BCUT2D eigenvalue weighted by Gasteiger charge is 2.39. The first kappa shape index (κ1) is 21.9. The Morgan fingerprint density at radius 1 is 1.09 bits per heavy atom. The molecule has 13 heteroatoms. The van der Waals surface area contributed by atoms with Gasteiger partial charge in [-0.1, -0.05) is 0 Å². The number of carbonyl (C=O) groups is 1. The van der Waals surface area contributed by atoms with Gasteiger partial charge in [0, 0.05) is 18.0 Å². The molecule has 1 aromatic carbocycles. The number of amides is 1. The minimum atomic E-state index is -4.82. The largest absolute Gasteiger partial charge is 0.416 e. The summed E-state index contributed by atoms with van der Waals surface area (Å²) >= 11 is 0. The SMILES string of the molecule is CC(NC(=O)c1cc(C(F)(F)F)cc(S(=O)(=O)C2CC2)c1)c1nccnc1-n1nccn1. The number of benzene rings is 1. The third-order valence-electron chi connectivity index (χ3n) is 4.86. The van der Waals surface area contributed by atoms with Crippen molar-refractivity contribution in [1.82, 2.24) is 30.3 Å². The highest BCUT2D eigenvalue weighted by atomic mass is 32.2. The minimum absolute atomic E-state index is 0.228. The van der Waals surface area contributed by atoms with Crippen molar-refractivity contribution >= 4 is 15.7 Å². The Kier molecular flexibility index (Phi) is 5.44. The molecule has 1 unspecified atom stereocenters. The molecule has 2 aromatic heterocycles. The zero-order chi connectivity index (χ0) is 23.1. The number of alkyl halides is 3. The van der Waals surface area contributed by atoms with Crippen LogP contribution in [0.25, 0.3) is 5.82 Å². The number of hydrogen-bond acceptors (Lipinski definition) is 7. The summed E-state index contributed by atoms with van der Waals surface area (Å²) in [7, 11) is -3.94. The molecule has 168 valence electrons. The summed E-state index contributed by atoms with van der Waals surface area (Å²) in [6, 6.07) is 1.37. The van der Waals surface area contributed by atoms with E-state index in [-0.39, 0.29) is 11.5 Å². The Balaban J connectivity index is 1.67. The smallest absolute Gasteiger partial charge is 0.344 e. The van der Waals surface area contributed by atoms with Crippen LogP contribution in [0.2, 0.25) is 0 Å². The van der Waals surface area contributed by atoms with Gasteiger partial charge in [-0.25, -0.2) is 13.4 Å². The van der Waals surface area contributed by atoms with Gasteiger partial charge < -0.3 is 5.32 Å². The lowest BCUT2D eigenvalue weighted by atomic mass is 10.1. The van der Waals surface area contributed by atoms with Crippen LogP contribution in [0.15, 0.2) is 47.9 Å². The van der Waals surface area contributed by atoms with Crippen LogP contribution in [-0.4, -0.2) is 44.5 Å². The first-order valence-corrected chi connectivity index (χ1v) is 11.1. The van der Waals surface area contributed by atoms with E-state index < -0.39 is 49.2 Å². The van der Waals surface area contributed by atoms with Crippen molar-refractivity contribution in [2.24, 2.45) is 0 Å². The van der Waals surface area contributed by atoms with Gasteiger partial charge in [-0.3, -0.25) is 9.78 Å². The van der Waals surface area contributed by atoms with Crippen molar-refractivity contribution in [1.29, 1.82) is 0 Å². The molecule has 1 amide bonds. The van der Waals surface area contributed by atoms with Gasteiger partial charge in [-0.2, -0.15) is 23.4 Å². The monoisotopic (exact) mass is 466 g/mol. The van der Waals surface area contributed by atoms with Gasteiger partial charge in [-0.05, 0) is 38.0 Å². The van der Waals surface area contributed by atoms with Gasteiger partial charge in [0.25, 0.3) is 5.91 Å². The van der Waals surface area contributed by atoms with E-state index in [1.807, 2.05) is 0 Å². The van der Waals surface area contributed by atoms with E-state index in [1.165, 1.54) is 29.6 Å². The maximum Gasteiger partial charge on any atom is 0.416 e. The number of sulfone groups is 1. The van der Waals surface area contributed by atoms with Crippen LogP contribution in [0.5, 0.6) is 0 Å². The lowest BCUT2D eigenvalue weighted by molar-refractivity contribution is -0.137. The van der Waals surface area contributed by atoms with Crippen LogP contribution in [0.3, 0.4) is 0 Å². The number of carbonyl (C=O) groups excluding carboxylic acids is 1. The zero-order valence-corrected chi connectivity index (χ0v) is 17.4.